The molecule has 52 heavy (non-hydrogen) atoms. The van der Waals surface area contributed by atoms with Gasteiger partial charge in [0, 0.05) is 33.4 Å². The van der Waals surface area contributed by atoms with Gasteiger partial charge in [-0.25, -0.2) is 0 Å². The average Bonchev–Trinajstić information content (AvgIpc) is 3.14. The van der Waals surface area contributed by atoms with E-state index in [0.29, 0.717) is 0 Å². The zero-order chi connectivity index (χ0) is 36.3. The maximum Gasteiger partial charge on any atom is 0.0543 e. The summed E-state index contributed by atoms with van der Waals surface area (Å²) in [4.78, 5) is 4.94. The van der Waals surface area contributed by atoms with E-state index in [2.05, 4.69) is 187 Å². The summed E-state index contributed by atoms with van der Waals surface area (Å²) >= 11 is 0. The average molecular weight is 677 g/mol. The van der Waals surface area contributed by atoms with Crippen molar-refractivity contribution in [3.05, 3.63) is 164 Å². The van der Waals surface area contributed by atoms with Crippen LogP contribution in [0.4, 0.5) is 34.1 Å². The molecule has 0 bridgehead atoms. The lowest BCUT2D eigenvalue weighted by atomic mass is 9.93. The van der Waals surface area contributed by atoms with Gasteiger partial charge in [-0.2, -0.15) is 0 Å². The molecule has 2 nitrogen and oxygen atoms in total. The number of aryl methyl sites for hydroxylation is 8. The third kappa shape index (κ3) is 5.77. The summed E-state index contributed by atoms with van der Waals surface area (Å²) in [5.74, 6) is 0. The Hall–Kier alpha value is -5.60. The van der Waals surface area contributed by atoms with Crippen LogP contribution < -0.4 is 20.2 Å². The summed E-state index contributed by atoms with van der Waals surface area (Å²) in [7, 11) is 0. The number of benzene rings is 7. The Morgan fingerprint density at radius 1 is 0.327 bits per heavy atom. The predicted molar refractivity (Wildman–Crippen MR) is 226 cm³/mol. The van der Waals surface area contributed by atoms with E-state index in [4.69, 9.17) is 0 Å². The van der Waals surface area contributed by atoms with E-state index in [1.165, 1.54) is 111 Å². The third-order valence-electron chi connectivity index (χ3n) is 11.6. The molecule has 0 N–H and O–H groups in total. The van der Waals surface area contributed by atoms with Crippen LogP contribution in [0, 0.1) is 55.4 Å². The van der Waals surface area contributed by atoms with Crippen LogP contribution in [0.15, 0.2) is 109 Å². The molecular formula is C50H48N2. The summed E-state index contributed by atoms with van der Waals surface area (Å²) in [6.07, 6.45) is 7.01. The van der Waals surface area contributed by atoms with Crippen LogP contribution in [0.2, 0.25) is 0 Å². The highest BCUT2D eigenvalue weighted by atomic mass is 15.1. The van der Waals surface area contributed by atoms with Crippen molar-refractivity contribution >= 4 is 67.8 Å². The lowest BCUT2D eigenvalue weighted by Gasteiger charge is -2.29. The number of hydrogen-bond donors (Lipinski definition) is 0. The molecule has 0 fully saturated rings. The van der Waals surface area contributed by atoms with Crippen LogP contribution >= 0.6 is 0 Å². The fourth-order valence-electron chi connectivity index (χ4n) is 7.84. The van der Waals surface area contributed by atoms with Crippen LogP contribution in [-0.4, -0.2) is 0 Å². The Kier molecular flexibility index (Phi) is 8.50. The minimum atomic E-state index is 1.04. The molecular weight excluding hydrogens is 629 g/mol. The standard InChI is InChI=1S/C50H48N2/c1-31-16-20-39(26-35(31)5)51(40-21-17-32(2)36(6)27-40)49-15-11-14-44-47(49)25-24-45-43-12-9-10-13-46(43)50(30-48(44)45)52(41-22-18-33(3)37(7)28-41)42-23-19-34(4)38(8)29-42/h11-30H,9-10H2,1-8H3. The lowest BCUT2D eigenvalue weighted by molar-refractivity contribution is 1.11. The molecule has 0 aromatic heterocycles. The summed E-state index contributed by atoms with van der Waals surface area (Å²) in [6.45, 7) is 17.6. The van der Waals surface area contributed by atoms with E-state index in [0.717, 1.165) is 12.8 Å². The van der Waals surface area contributed by atoms with Gasteiger partial charge in [0.2, 0.25) is 0 Å². The van der Waals surface area contributed by atoms with Crippen LogP contribution in [-0.2, 0) is 0 Å². The minimum absolute atomic E-state index is 1.04. The van der Waals surface area contributed by atoms with Crippen molar-refractivity contribution in [1.29, 1.82) is 0 Å². The first-order chi connectivity index (χ1) is 25.1. The van der Waals surface area contributed by atoms with Gasteiger partial charge in [0.1, 0.15) is 0 Å². The number of anilines is 6. The van der Waals surface area contributed by atoms with Crippen LogP contribution in [0.25, 0.3) is 33.7 Å². The van der Waals surface area contributed by atoms with Gasteiger partial charge >= 0.3 is 0 Å². The molecule has 0 spiro atoms. The molecule has 7 aromatic rings. The van der Waals surface area contributed by atoms with Crippen molar-refractivity contribution in [1.82, 2.24) is 0 Å². The van der Waals surface area contributed by atoms with Gasteiger partial charge in [0.25, 0.3) is 0 Å². The molecule has 0 unspecified atom stereocenters. The minimum Gasteiger partial charge on any atom is -0.310 e. The van der Waals surface area contributed by atoms with Gasteiger partial charge in [-0.1, -0.05) is 60.7 Å². The molecule has 0 aliphatic heterocycles. The molecule has 8 rings (SSSR count). The van der Waals surface area contributed by atoms with Gasteiger partial charge in [-0.05, 0) is 195 Å². The fraction of sp³-hybridized carbons (Fsp3) is 0.200. The van der Waals surface area contributed by atoms with E-state index >= 15 is 0 Å². The van der Waals surface area contributed by atoms with E-state index in [-0.39, 0.29) is 0 Å². The summed E-state index contributed by atoms with van der Waals surface area (Å²) in [6, 6.07) is 41.5. The highest BCUT2D eigenvalue weighted by Crippen LogP contribution is 2.42. The second-order valence-electron chi connectivity index (χ2n) is 15.0. The normalized spacial score (nSPS) is 12.4. The second-order valence-corrected chi connectivity index (χ2v) is 15.0. The molecule has 1 aliphatic carbocycles. The van der Waals surface area contributed by atoms with E-state index in [9.17, 15) is 0 Å². The van der Waals surface area contributed by atoms with E-state index < -0.39 is 0 Å². The molecule has 258 valence electrons. The Morgan fingerprint density at radius 2 is 0.750 bits per heavy atom. The second kappa shape index (κ2) is 13.2. The van der Waals surface area contributed by atoms with Crippen molar-refractivity contribution in [2.24, 2.45) is 0 Å². The molecule has 2 heteroatoms. The monoisotopic (exact) mass is 676 g/mol. The molecule has 0 amide bonds. The van der Waals surface area contributed by atoms with Gasteiger partial charge in [-0.3, -0.25) is 0 Å². The smallest absolute Gasteiger partial charge is 0.0543 e. The lowest BCUT2D eigenvalue weighted by Crippen LogP contribution is -2.33. The first kappa shape index (κ1) is 33.5. The highest BCUT2D eigenvalue weighted by molar-refractivity contribution is 6.14. The topological polar surface area (TPSA) is 6.48 Å². The number of nitrogens with zero attached hydrogens (tertiary/aromatic N) is 2. The van der Waals surface area contributed by atoms with Crippen molar-refractivity contribution < 1.29 is 0 Å². The Balaban J connectivity index is 1.44. The zero-order valence-electron chi connectivity index (χ0n) is 31.9. The molecule has 1 aliphatic rings. The first-order valence-electron chi connectivity index (χ1n) is 18.7. The zero-order valence-corrected chi connectivity index (χ0v) is 31.9. The summed E-state index contributed by atoms with van der Waals surface area (Å²) in [5, 5.41) is 7.74. The van der Waals surface area contributed by atoms with Crippen molar-refractivity contribution in [2.75, 3.05) is 9.80 Å². The van der Waals surface area contributed by atoms with Crippen LogP contribution in [0.3, 0.4) is 0 Å². The predicted octanol–water partition coefficient (Wildman–Crippen LogP) is 12.8. The Labute approximate surface area is 309 Å². The van der Waals surface area contributed by atoms with Gasteiger partial charge in [0.05, 0.1) is 11.4 Å². The Morgan fingerprint density at radius 3 is 1.21 bits per heavy atom. The maximum atomic E-state index is 2.49. The van der Waals surface area contributed by atoms with Crippen molar-refractivity contribution in [2.45, 2.75) is 68.2 Å². The Bertz CT molecular complexity index is 2580. The number of hydrogen-bond acceptors (Lipinski definition) is 2. The molecule has 0 heterocycles. The largest absolute Gasteiger partial charge is 0.310 e. The fourth-order valence-corrected chi connectivity index (χ4v) is 7.84. The molecule has 0 atom stereocenters. The molecule has 0 saturated heterocycles. The first-order valence-corrected chi connectivity index (χ1v) is 18.7. The van der Waals surface area contributed by atoms with Gasteiger partial charge < -0.3 is 9.80 Å². The number of rotatable bonds is 6. The third-order valence-corrected chi connectivity index (χ3v) is 11.6. The summed E-state index contributed by atoms with van der Waals surface area (Å²) < 4.78 is 0. The van der Waals surface area contributed by atoms with Crippen LogP contribution in [0.1, 0.15) is 57.3 Å². The summed E-state index contributed by atoms with van der Waals surface area (Å²) in [5.41, 5.74) is 17.5. The quantitative estimate of drug-likeness (QED) is 0.162. The van der Waals surface area contributed by atoms with Gasteiger partial charge in [0.15, 0.2) is 0 Å². The van der Waals surface area contributed by atoms with E-state index in [1.54, 1.807) is 0 Å². The van der Waals surface area contributed by atoms with Crippen molar-refractivity contribution in [3.8, 4) is 0 Å². The number of fused-ring (bicyclic) bond motifs is 5. The highest BCUT2D eigenvalue weighted by Gasteiger charge is 2.21. The molecule has 0 radical (unpaired) electrons. The van der Waals surface area contributed by atoms with E-state index in [1.807, 2.05) is 0 Å². The van der Waals surface area contributed by atoms with Crippen LogP contribution in [0.5, 0.6) is 0 Å². The molecule has 7 aromatic carbocycles. The van der Waals surface area contributed by atoms with Crippen molar-refractivity contribution in [3.63, 3.8) is 0 Å². The SMILES string of the molecule is Cc1ccc(N(c2ccc(C)c(C)c2)c2cc3c(ccc4c(N(c5ccc(C)c(C)c5)c5ccc(C)c(C)c5)cccc43)c3c2=CCCC=3)cc1C. The maximum absolute atomic E-state index is 2.49. The molecule has 0 saturated carbocycles. The van der Waals surface area contributed by atoms with Gasteiger partial charge in [-0.15, -0.1) is 0 Å².